The number of hydrogen-bond acceptors (Lipinski definition) is 8. The van der Waals surface area contributed by atoms with Crippen LogP contribution in [-0.4, -0.2) is 56.1 Å². The number of ketones is 2. The number of non-ortho nitro benzene ring substituents is 1. The van der Waals surface area contributed by atoms with Gasteiger partial charge in [-0.1, -0.05) is 30.3 Å². The molecule has 188 valence electrons. The van der Waals surface area contributed by atoms with Gasteiger partial charge in [-0.2, -0.15) is 0 Å². The summed E-state index contributed by atoms with van der Waals surface area (Å²) in [6.07, 6.45) is -1.34. The average molecular weight is 495 g/mol. The number of aliphatic hydroxyl groups excluding tert-OH is 1. The Morgan fingerprint density at radius 1 is 1.17 bits per heavy atom. The predicted molar refractivity (Wildman–Crippen MR) is 126 cm³/mol. The number of hydrogen-bond donors (Lipinski definition) is 1. The molecule has 2 aromatic carbocycles. The lowest BCUT2D eigenvalue weighted by Gasteiger charge is -2.52. The first-order valence-electron chi connectivity index (χ1n) is 11.6. The van der Waals surface area contributed by atoms with E-state index in [4.69, 9.17) is 4.74 Å². The van der Waals surface area contributed by atoms with Gasteiger partial charge in [0.1, 0.15) is 12.4 Å². The molecular formula is C26H26N2O8. The summed E-state index contributed by atoms with van der Waals surface area (Å²) in [6.45, 7) is 2.51. The van der Waals surface area contributed by atoms with E-state index < -0.39 is 52.1 Å². The molecule has 10 nitrogen and oxygen atoms in total. The first-order chi connectivity index (χ1) is 17.1. The van der Waals surface area contributed by atoms with Crippen molar-refractivity contribution < 1.29 is 33.9 Å². The molecule has 2 aliphatic heterocycles. The standard InChI is InChI=1S/C26H26N2O8/c1-15(29)12-20(18-6-4-3-5-7-18)26(22(31)13-21-23(16(2)30)24(32)27(21)26)25(33)36-14-17-8-10-19(11-9-17)28(34)35/h3-11,16,20-21,23,30H,12-14H2,1-2H3/t16-,20+,21-,23-,26+/m1/s1. The summed E-state index contributed by atoms with van der Waals surface area (Å²) < 4.78 is 5.57. The van der Waals surface area contributed by atoms with E-state index in [1.165, 1.54) is 43.0 Å². The Hall–Kier alpha value is -3.92. The molecule has 10 heteroatoms. The highest BCUT2D eigenvalue weighted by atomic mass is 16.6. The second-order valence-electron chi connectivity index (χ2n) is 9.30. The Morgan fingerprint density at radius 2 is 1.81 bits per heavy atom. The van der Waals surface area contributed by atoms with Gasteiger partial charge in [-0.25, -0.2) is 4.79 Å². The average Bonchev–Trinajstić information content (AvgIpc) is 3.10. The number of nitro groups is 1. The predicted octanol–water partition coefficient (Wildman–Crippen LogP) is 2.32. The van der Waals surface area contributed by atoms with Crippen LogP contribution < -0.4 is 0 Å². The number of carbonyl (C=O) groups excluding carboxylic acids is 4. The number of benzene rings is 2. The fourth-order valence-electron chi connectivity index (χ4n) is 5.40. The molecule has 5 atom stereocenters. The van der Waals surface area contributed by atoms with Crippen LogP contribution in [0.25, 0.3) is 0 Å². The molecule has 36 heavy (non-hydrogen) atoms. The van der Waals surface area contributed by atoms with Crippen molar-refractivity contribution >= 4 is 29.1 Å². The normalized spacial score (nSPS) is 24.5. The molecule has 0 aromatic heterocycles. The Kier molecular flexibility index (Phi) is 6.73. The minimum Gasteiger partial charge on any atom is -0.459 e. The zero-order chi connectivity index (χ0) is 26.2. The van der Waals surface area contributed by atoms with E-state index in [1.54, 1.807) is 30.3 Å². The first kappa shape index (κ1) is 25.2. The van der Waals surface area contributed by atoms with Gasteiger partial charge in [0.2, 0.25) is 11.4 Å². The number of fused-ring (bicyclic) bond motifs is 1. The van der Waals surface area contributed by atoms with Crippen molar-refractivity contribution in [3.05, 3.63) is 75.8 Å². The summed E-state index contributed by atoms with van der Waals surface area (Å²) in [5.74, 6) is -4.15. The van der Waals surface area contributed by atoms with E-state index in [0.717, 1.165) is 0 Å². The van der Waals surface area contributed by atoms with Gasteiger partial charge in [0, 0.05) is 30.9 Å². The molecule has 4 rings (SSSR count). The fourth-order valence-corrected chi connectivity index (χ4v) is 5.40. The maximum Gasteiger partial charge on any atom is 0.340 e. The first-order valence-corrected chi connectivity index (χ1v) is 11.6. The molecule has 2 aliphatic rings. The molecule has 0 unspecified atom stereocenters. The molecule has 0 saturated carbocycles. The number of aliphatic hydroxyl groups is 1. The molecule has 1 amide bonds. The monoisotopic (exact) mass is 494 g/mol. The third-order valence-electron chi connectivity index (χ3n) is 7.01. The second-order valence-corrected chi connectivity index (χ2v) is 9.30. The molecule has 2 heterocycles. The van der Waals surface area contributed by atoms with Crippen molar-refractivity contribution in [1.29, 1.82) is 0 Å². The van der Waals surface area contributed by atoms with Gasteiger partial charge >= 0.3 is 5.97 Å². The Morgan fingerprint density at radius 3 is 2.36 bits per heavy atom. The lowest BCUT2D eigenvalue weighted by Crippen LogP contribution is -2.72. The maximum absolute atomic E-state index is 13.8. The van der Waals surface area contributed by atoms with E-state index in [2.05, 4.69) is 0 Å². The van der Waals surface area contributed by atoms with Crippen LogP contribution in [0.1, 0.15) is 43.7 Å². The Labute approximate surface area is 207 Å². The molecule has 0 spiro atoms. The lowest BCUT2D eigenvalue weighted by atomic mass is 9.72. The summed E-state index contributed by atoms with van der Waals surface area (Å²) in [7, 11) is 0. The fraction of sp³-hybridized carbons (Fsp3) is 0.385. The molecule has 0 bridgehead atoms. The third kappa shape index (κ3) is 4.07. The summed E-state index contributed by atoms with van der Waals surface area (Å²) in [5.41, 5.74) is -1.22. The van der Waals surface area contributed by atoms with Gasteiger partial charge in [0.05, 0.1) is 23.0 Å². The second kappa shape index (κ2) is 9.62. The van der Waals surface area contributed by atoms with Crippen LogP contribution in [0.3, 0.4) is 0 Å². The number of ether oxygens (including phenoxy) is 1. The number of nitro benzene ring substituents is 1. The van der Waals surface area contributed by atoms with Crippen LogP contribution in [-0.2, 0) is 30.5 Å². The highest BCUT2D eigenvalue weighted by Crippen LogP contribution is 2.52. The topological polar surface area (TPSA) is 144 Å². The quantitative estimate of drug-likeness (QED) is 0.184. The molecular weight excluding hydrogens is 468 g/mol. The summed E-state index contributed by atoms with van der Waals surface area (Å²) in [4.78, 5) is 64.6. The van der Waals surface area contributed by atoms with Crippen molar-refractivity contribution in [3.63, 3.8) is 0 Å². The van der Waals surface area contributed by atoms with E-state index in [-0.39, 0.29) is 30.9 Å². The molecule has 1 N–H and O–H groups in total. The minimum absolute atomic E-state index is 0.128. The number of carbonyl (C=O) groups is 4. The molecule has 0 radical (unpaired) electrons. The zero-order valence-corrected chi connectivity index (χ0v) is 19.8. The Balaban J connectivity index is 1.75. The van der Waals surface area contributed by atoms with E-state index >= 15 is 0 Å². The number of esters is 1. The van der Waals surface area contributed by atoms with Gasteiger partial charge in [-0.05, 0) is 37.1 Å². The highest BCUT2D eigenvalue weighted by Gasteiger charge is 2.72. The van der Waals surface area contributed by atoms with Crippen LogP contribution in [0.4, 0.5) is 5.69 Å². The largest absolute Gasteiger partial charge is 0.459 e. The molecule has 2 aromatic rings. The van der Waals surface area contributed by atoms with Gasteiger partial charge in [-0.3, -0.25) is 19.7 Å². The van der Waals surface area contributed by atoms with Crippen LogP contribution in [0.2, 0.25) is 0 Å². The van der Waals surface area contributed by atoms with Crippen molar-refractivity contribution in [3.8, 4) is 0 Å². The summed E-state index contributed by atoms with van der Waals surface area (Å²) >= 11 is 0. The SMILES string of the molecule is CC(=O)C[C@@H](c1ccccc1)[C@@]1(C(=O)OCc2ccc([N+](=O)[O-])cc2)C(=O)C[C@@H]2[C@@H]([C@@H](C)O)C(=O)N21. The van der Waals surface area contributed by atoms with Crippen molar-refractivity contribution in [1.82, 2.24) is 4.90 Å². The van der Waals surface area contributed by atoms with Crippen molar-refractivity contribution in [2.45, 2.75) is 56.9 Å². The number of β-lactam (4-membered cyclic amide) rings is 1. The maximum atomic E-state index is 13.8. The number of amides is 1. The molecule has 2 saturated heterocycles. The van der Waals surface area contributed by atoms with Crippen LogP contribution in [0.5, 0.6) is 0 Å². The van der Waals surface area contributed by atoms with E-state index in [1.807, 2.05) is 0 Å². The molecule has 0 aliphatic carbocycles. The molecule has 2 fully saturated rings. The van der Waals surface area contributed by atoms with E-state index in [0.29, 0.717) is 11.1 Å². The van der Waals surface area contributed by atoms with Crippen LogP contribution in [0.15, 0.2) is 54.6 Å². The van der Waals surface area contributed by atoms with Gasteiger partial charge in [0.25, 0.3) is 5.69 Å². The van der Waals surface area contributed by atoms with Crippen LogP contribution in [0, 0.1) is 16.0 Å². The van der Waals surface area contributed by atoms with Gasteiger partial charge in [-0.15, -0.1) is 0 Å². The summed E-state index contributed by atoms with van der Waals surface area (Å²) in [5, 5.41) is 21.0. The number of Topliss-reactive ketones (excluding diaryl/α,β-unsaturated/α-hetero) is 2. The smallest absolute Gasteiger partial charge is 0.340 e. The summed E-state index contributed by atoms with van der Waals surface area (Å²) in [6, 6.07) is 13.3. The highest BCUT2D eigenvalue weighted by molar-refractivity contribution is 6.17. The van der Waals surface area contributed by atoms with Gasteiger partial charge < -0.3 is 19.5 Å². The van der Waals surface area contributed by atoms with Crippen molar-refractivity contribution in [2.24, 2.45) is 5.92 Å². The van der Waals surface area contributed by atoms with E-state index in [9.17, 15) is 34.4 Å². The van der Waals surface area contributed by atoms with Crippen LogP contribution >= 0.6 is 0 Å². The zero-order valence-electron chi connectivity index (χ0n) is 19.8. The third-order valence-corrected chi connectivity index (χ3v) is 7.01. The number of rotatable bonds is 9. The minimum atomic E-state index is -2.07. The van der Waals surface area contributed by atoms with Crippen molar-refractivity contribution in [2.75, 3.05) is 0 Å². The lowest BCUT2D eigenvalue weighted by molar-refractivity contribution is -0.384. The Bertz CT molecular complexity index is 1210. The number of nitrogens with zero attached hydrogens (tertiary/aromatic N) is 2. The van der Waals surface area contributed by atoms with Gasteiger partial charge in [0.15, 0.2) is 5.78 Å².